The van der Waals surface area contributed by atoms with E-state index >= 15 is 0 Å². The second kappa shape index (κ2) is 14.6. The zero-order valence-electron chi connectivity index (χ0n) is 27.5. The Labute approximate surface area is 275 Å². The van der Waals surface area contributed by atoms with Crippen molar-refractivity contribution in [3.8, 4) is 16.9 Å². The molecule has 7 nitrogen and oxygen atoms in total. The van der Waals surface area contributed by atoms with Crippen molar-refractivity contribution in [2.45, 2.75) is 58.3 Å². The lowest BCUT2D eigenvalue weighted by Gasteiger charge is -2.17. The fraction of sp³-hybridized carbons (Fsp3) is 0.405. The summed E-state index contributed by atoms with van der Waals surface area (Å²) in [5.41, 5.74) is 8.45. The molecule has 45 heavy (non-hydrogen) atoms. The van der Waals surface area contributed by atoms with Gasteiger partial charge in [0.25, 0.3) is 0 Å². The molecular weight excluding hydrogens is 628 g/mol. The van der Waals surface area contributed by atoms with E-state index in [0.29, 0.717) is 37.2 Å². The van der Waals surface area contributed by atoms with Crippen LogP contribution >= 0.6 is 15.9 Å². The fourth-order valence-electron chi connectivity index (χ4n) is 6.55. The maximum Gasteiger partial charge on any atom is 0.355 e. The summed E-state index contributed by atoms with van der Waals surface area (Å²) in [6.45, 7) is 8.69. The van der Waals surface area contributed by atoms with Gasteiger partial charge in [-0.3, -0.25) is 4.68 Å². The van der Waals surface area contributed by atoms with Crippen LogP contribution in [0.15, 0.2) is 54.6 Å². The first-order valence-corrected chi connectivity index (χ1v) is 17.1. The number of carbonyl (C=O) groups excluding carboxylic acids is 1. The molecule has 2 aromatic heterocycles. The van der Waals surface area contributed by atoms with Crippen molar-refractivity contribution < 1.29 is 14.3 Å². The Morgan fingerprint density at radius 1 is 0.978 bits per heavy atom. The van der Waals surface area contributed by atoms with Crippen LogP contribution in [0.3, 0.4) is 0 Å². The minimum absolute atomic E-state index is 0.269. The van der Waals surface area contributed by atoms with Gasteiger partial charge in [-0.15, -0.1) is 0 Å². The van der Waals surface area contributed by atoms with Crippen molar-refractivity contribution in [1.82, 2.24) is 19.2 Å². The topological polar surface area (TPSA) is 61.5 Å². The van der Waals surface area contributed by atoms with Crippen LogP contribution in [0.4, 0.5) is 0 Å². The predicted molar refractivity (Wildman–Crippen MR) is 188 cm³/mol. The number of alkyl halides is 1. The molecule has 0 atom stereocenters. The fourth-order valence-corrected chi connectivity index (χ4v) is 6.94. The molecule has 0 bridgehead atoms. The molecule has 0 amide bonds. The van der Waals surface area contributed by atoms with Crippen molar-refractivity contribution in [2.24, 2.45) is 7.05 Å². The van der Waals surface area contributed by atoms with Crippen molar-refractivity contribution >= 4 is 43.6 Å². The highest BCUT2D eigenvalue weighted by Crippen LogP contribution is 2.41. The van der Waals surface area contributed by atoms with Crippen LogP contribution < -0.4 is 4.74 Å². The van der Waals surface area contributed by atoms with Crippen LogP contribution in [0.25, 0.3) is 32.8 Å². The zero-order valence-corrected chi connectivity index (χ0v) is 29.0. The van der Waals surface area contributed by atoms with E-state index < -0.39 is 0 Å². The second-order valence-corrected chi connectivity index (χ2v) is 12.4. The van der Waals surface area contributed by atoms with Gasteiger partial charge in [0.15, 0.2) is 0 Å². The number of rotatable bonds is 14. The van der Waals surface area contributed by atoms with Gasteiger partial charge in [-0.05, 0) is 82.8 Å². The maximum atomic E-state index is 13.8. The van der Waals surface area contributed by atoms with E-state index in [9.17, 15) is 4.79 Å². The highest BCUT2D eigenvalue weighted by Gasteiger charge is 2.28. The van der Waals surface area contributed by atoms with Crippen LogP contribution in [-0.4, -0.2) is 59.1 Å². The lowest BCUT2D eigenvalue weighted by Crippen LogP contribution is -2.19. The summed E-state index contributed by atoms with van der Waals surface area (Å²) in [6.07, 6.45) is 3.21. The lowest BCUT2D eigenvalue weighted by atomic mass is 9.93. The molecule has 0 aliphatic carbocycles. The third-order valence-corrected chi connectivity index (χ3v) is 9.05. The van der Waals surface area contributed by atoms with Gasteiger partial charge in [-0.1, -0.05) is 71.4 Å². The van der Waals surface area contributed by atoms with Gasteiger partial charge in [0, 0.05) is 46.5 Å². The number of aryl methyl sites for hydroxylation is 4. The van der Waals surface area contributed by atoms with Gasteiger partial charge in [0.2, 0.25) is 0 Å². The Morgan fingerprint density at radius 2 is 1.76 bits per heavy atom. The minimum atomic E-state index is -0.269. The van der Waals surface area contributed by atoms with E-state index in [-0.39, 0.29) is 5.97 Å². The quantitative estimate of drug-likeness (QED) is 0.0678. The number of benzene rings is 3. The number of esters is 1. The molecule has 238 valence electrons. The van der Waals surface area contributed by atoms with E-state index in [1.165, 1.54) is 11.3 Å². The molecule has 0 unspecified atom stereocenters. The summed E-state index contributed by atoms with van der Waals surface area (Å²) in [6, 6.07) is 18.8. The van der Waals surface area contributed by atoms with Gasteiger partial charge in [0.1, 0.15) is 11.4 Å². The highest BCUT2D eigenvalue weighted by molar-refractivity contribution is 9.08. The first-order valence-electron chi connectivity index (χ1n) is 16.0. The Balaban J connectivity index is 1.63. The number of halogens is 1. The Bertz CT molecular complexity index is 1800. The molecular formula is C37H45BrN4O3. The first kappa shape index (κ1) is 32.8. The monoisotopic (exact) mass is 672 g/mol. The summed E-state index contributed by atoms with van der Waals surface area (Å²) >= 11 is 3.71. The molecule has 5 rings (SSSR count). The predicted octanol–water partition coefficient (Wildman–Crippen LogP) is 8.10. The molecule has 0 aliphatic rings. The van der Waals surface area contributed by atoms with E-state index in [1.54, 1.807) is 0 Å². The molecule has 5 aromatic rings. The number of fused-ring (bicyclic) bond motifs is 2. The largest absolute Gasteiger partial charge is 0.493 e. The Kier molecular flexibility index (Phi) is 10.7. The number of aromatic nitrogens is 3. The van der Waals surface area contributed by atoms with Crippen molar-refractivity contribution in [3.63, 3.8) is 0 Å². The van der Waals surface area contributed by atoms with E-state index in [1.807, 2.05) is 42.9 Å². The zero-order chi connectivity index (χ0) is 32.1. The van der Waals surface area contributed by atoms with E-state index in [2.05, 4.69) is 83.7 Å². The Hall–Kier alpha value is -3.62. The number of carbonyl (C=O) groups is 1. The van der Waals surface area contributed by atoms with Gasteiger partial charge >= 0.3 is 5.97 Å². The molecule has 0 radical (unpaired) electrons. The van der Waals surface area contributed by atoms with Gasteiger partial charge in [-0.25, -0.2) is 4.79 Å². The normalized spacial score (nSPS) is 11.6. The average molecular weight is 674 g/mol. The Morgan fingerprint density at radius 3 is 2.49 bits per heavy atom. The van der Waals surface area contributed by atoms with Gasteiger partial charge in [-0.2, -0.15) is 5.10 Å². The van der Waals surface area contributed by atoms with Crippen LogP contribution in [0.2, 0.25) is 0 Å². The van der Waals surface area contributed by atoms with Crippen molar-refractivity contribution in [1.29, 1.82) is 0 Å². The third kappa shape index (κ3) is 6.68. The third-order valence-electron chi connectivity index (χ3n) is 8.52. The van der Waals surface area contributed by atoms with Gasteiger partial charge in [0.05, 0.1) is 24.4 Å². The molecule has 2 heterocycles. The van der Waals surface area contributed by atoms with E-state index in [4.69, 9.17) is 14.6 Å². The molecule has 8 heteroatoms. The van der Waals surface area contributed by atoms with Crippen LogP contribution in [0, 0.1) is 6.92 Å². The van der Waals surface area contributed by atoms with E-state index in [0.717, 1.165) is 75.6 Å². The molecule has 3 aromatic carbocycles. The molecule has 0 saturated heterocycles. The molecule has 0 saturated carbocycles. The van der Waals surface area contributed by atoms with Gasteiger partial charge < -0.3 is 18.9 Å². The summed E-state index contributed by atoms with van der Waals surface area (Å²) in [5, 5.41) is 8.90. The summed E-state index contributed by atoms with van der Waals surface area (Å²) in [5.74, 6) is 0.614. The molecule has 0 aliphatic heterocycles. The summed E-state index contributed by atoms with van der Waals surface area (Å²) in [7, 11) is 6.19. The highest BCUT2D eigenvalue weighted by atomic mass is 79.9. The second-order valence-electron chi connectivity index (χ2n) is 11.8. The smallest absolute Gasteiger partial charge is 0.355 e. The number of hydrogen-bond acceptors (Lipinski definition) is 5. The lowest BCUT2D eigenvalue weighted by molar-refractivity contribution is 0.0512. The summed E-state index contributed by atoms with van der Waals surface area (Å²) < 4.78 is 16.3. The van der Waals surface area contributed by atoms with Crippen molar-refractivity contribution in [2.75, 3.05) is 33.9 Å². The molecule has 0 N–H and O–H groups in total. The maximum absolute atomic E-state index is 13.8. The van der Waals surface area contributed by atoms with Crippen LogP contribution in [0.1, 0.15) is 59.7 Å². The summed E-state index contributed by atoms with van der Waals surface area (Å²) in [4.78, 5) is 16.0. The van der Waals surface area contributed by atoms with Crippen LogP contribution in [0.5, 0.6) is 5.75 Å². The molecule has 0 fully saturated rings. The minimum Gasteiger partial charge on any atom is -0.493 e. The van der Waals surface area contributed by atoms with Crippen LogP contribution in [-0.2, 0) is 36.5 Å². The number of nitrogens with zero attached hydrogens (tertiary/aromatic N) is 4. The van der Waals surface area contributed by atoms with Crippen molar-refractivity contribution in [3.05, 3.63) is 82.8 Å². The SMILES string of the molecule is CCOC(=O)c1c(CCCOc2cccc3ccccc23)c2ccc(C)c(-c3c(CBr)nn(C)c3CC)c2n1CCCN(C)C. The standard InChI is InChI=1S/C37H45BrN4O3/c1-7-31-34(30(24-38)39-41(31)6)33-25(3)19-20-29-28(17-12-23-45-32-18-11-15-26-14-9-10-16-27(26)32)36(37(43)44-8-2)42(35(29)33)22-13-21-40(4)5/h9-11,14-16,18-20H,7-8,12-13,17,21-24H2,1-6H3. The average Bonchev–Trinajstić information content (AvgIpc) is 3.52. The first-order chi connectivity index (χ1) is 21.8. The number of ether oxygens (including phenoxy) is 2. The number of hydrogen-bond donors (Lipinski definition) is 0. The molecule has 0 spiro atoms.